The normalized spacial score (nSPS) is 26.4. The molecule has 88 valence electrons. The van der Waals surface area contributed by atoms with Crippen molar-refractivity contribution in [2.75, 3.05) is 4.90 Å². The van der Waals surface area contributed by atoms with E-state index in [0.29, 0.717) is 17.1 Å². The fourth-order valence-corrected chi connectivity index (χ4v) is 3.02. The fourth-order valence-electron chi connectivity index (χ4n) is 2.23. The van der Waals surface area contributed by atoms with Crippen molar-refractivity contribution in [1.29, 1.82) is 0 Å². The SMILES string of the molecule is Cc1cc(Br)c(N2C(=O)C3CC3C2=O)cc1Cl. The summed E-state index contributed by atoms with van der Waals surface area (Å²) in [6.07, 6.45) is 0.714. The minimum Gasteiger partial charge on any atom is -0.274 e. The third-order valence-corrected chi connectivity index (χ3v) is 4.38. The van der Waals surface area contributed by atoms with E-state index in [1.54, 1.807) is 6.07 Å². The maximum atomic E-state index is 11.9. The first-order chi connectivity index (χ1) is 8.00. The van der Waals surface area contributed by atoms with Gasteiger partial charge >= 0.3 is 0 Å². The first kappa shape index (κ1) is 11.2. The Morgan fingerprint density at radius 1 is 1.29 bits per heavy atom. The third-order valence-electron chi connectivity index (χ3n) is 3.33. The minimum atomic E-state index is -0.0966. The van der Waals surface area contributed by atoms with Crippen molar-refractivity contribution in [3.8, 4) is 0 Å². The number of rotatable bonds is 1. The molecular formula is C12H9BrClNO2. The van der Waals surface area contributed by atoms with Crippen molar-refractivity contribution >= 4 is 45.0 Å². The molecule has 17 heavy (non-hydrogen) atoms. The van der Waals surface area contributed by atoms with Gasteiger partial charge in [-0.15, -0.1) is 0 Å². The summed E-state index contributed by atoms with van der Waals surface area (Å²) in [5.74, 6) is -0.370. The van der Waals surface area contributed by atoms with Crippen LogP contribution in [-0.2, 0) is 9.59 Å². The molecule has 3 nitrogen and oxygen atoms in total. The molecule has 2 aliphatic rings. The summed E-state index contributed by atoms with van der Waals surface area (Å²) in [5.41, 5.74) is 1.47. The van der Waals surface area contributed by atoms with E-state index in [-0.39, 0.29) is 23.7 Å². The van der Waals surface area contributed by atoms with Crippen molar-refractivity contribution < 1.29 is 9.59 Å². The predicted octanol–water partition coefficient (Wildman–Crippen LogP) is 2.92. The Bertz CT molecular complexity index is 538. The van der Waals surface area contributed by atoms with E-state index in [9.17, 15) is 9.59 Å². The molecule has 0 aromatic heterocycles. The molecule has 2 fully saturated rings. The van der Waals surface area contributed by atoms with E-state index in [2.05, 4.69) is 15.9 Å². The average molecular weight is 315 g/mol. The Hall–Kier alpha value is -0.870. The monoisotopic (exact) mass is 313 g/mol. The largest absolute Gasteiger partial charge is 0.274 e. The molecule has 1 saturated heterocycles. The number of halogens is 2. The molecular weight excluding hydrogens is 305 g/mol. The standard InChI is InChI=1S/C12H9BrClNO2/c1-5-2-8(13)10(4-9(5)14)15-11(16)6-3-7(6)12(15)17/h2,4,6-7H,3H2,1H3. The summed E-state index contributed by atoms with van der Waals surface area (Å²) in [4.78, 5) is 25.2. The van der Waals surface area contributed by atoms with E-state index in [4.69, 9.17) is 11.6 Å². The lowest BCUT2D eigenvalue weighted by atomic mass is 10.2. The summed E-state index contributed by atoms with van der Waals surface area (Å²) in [6.45, 7) is 1.88. The summed E-state index contributed by atoms with van der Waals surface area (Å²) in [5, 5.41) is 0.560. The molecule has 2 unspecified atom stereocenters. The van der Waals surface area contributed by atoms with Gasteiger partial charge in [0.05, 0.1) is 17.5 Å². The number of aryl methyl sites for hydroxylation is 1. The maximum Gasteiger partial charge on any atom is 0.237 e. The number of amides is 2. The summed E-state index contributed by atoms with van der Waals surface area (Å²) >= 11 is 9.41. The van der Waals surface area contributed by atoms with Gasteiger partial charge < -0.3 is 0 Å². The summed E-state index contributed by atoms with van der Waals surface area (Å²) in [7, 11) is 0. The number of fused-ring (bicyclic) bond motifs is 1. The lowest BCUT2D eigenvalue weighted by Gasteiger charge is -2.19. The Morgan fingerprint density at radius 3 is 2.47 bits per heavy atom. The van der Waals surface area contributed by atoms with Gasteiger partial charge in [-0.1, -0.05) is 11.6 Å². The Labute approximate surface area is 112 Å². The molecule has 1 aromatic rings. The molecule has 0 bridgehead atoms. The number of benzene rings is 1. The van der Waals surface area contributed by atoms with E-state index < -0.39 is 0 Å². The molecule has 1 saturated carbocycles. The number of imide groups is 1. The highest BCUT2D eigenvalue weighted by Crippen LogP contribution is 2.49. The molecule has 1 heterocycles. The van der Waals surface area contributed by atoms with Gasteiger partial charge in [0.2, 0.25) is 11.8 Å². The van der Waals surface area contributed by atoms with Crippen LogP contribution in [0.15, 0.2) is 16.6 Å². The van der Waals surface area contributed by atoms with Crippen LogP contribution >= 0.6 is 27.5 Å². The van der Waals surface area contributed by atoms with Gasteiger partial charge in [-0.05, 0) is 47.0 Å². The second kappa shape index (κ2) is 3.56. The number of anilines is 1. The van der Waals surface area contributed by atoms with Crippen molar-refractivity contribution in [3.05, 3.63) is 27.2 Å². The molecule has 1 aromatic carbocycles. The third kappa shape index (κ3) is 1.54. The number of piperidine rings is 1. The molecule has 0 spiro atoms. The van der Waals surface area contributed by atoms with Crippen LogP contribution in [0.5, 0.6) is 0 Å². The number of carbonyl (C=O) groups excluding carboxylic acids is 2. The number of carbonyl (C=O) groups is 2. The smallest absolute Gasteiger partial charge is 0.237 e. The highest BCUT2D eigenvalue weighted by molar-refractivity contribution is 9.10. The molecule has 1 aliphatic heterocycles. The van der Waals surface area contributed by atoms with E-state index in [1.807, 2.05) is 13.0 Å². The zero-order valence-electron chi connectivity index (χ0n) is 9.04. The van der Waals surface area contributed by atoms with Crippen LogP contribution in [0.25, 0.3) is 0 Å². The van der Waals surface area contributed by atoms with Gasteiger partial charge in [-0.2, -0.15) is 0 Å². The molecule has 2 atom stereocenters. The second-order valence-electron chi connectivity index (χ2n) is 4.51. The molecule has 2 amide bonds. The number of nitrogens with zero attached hydrogens (tertiary/aromatic N) is 1. The van der Waals surface area contributed by atoms with Crippen molar-refractivity contribution in [2.24, 2.45) is 11.8 Å². The van der Waals surface area contributed by atoms with Crippen LogP contribution < -0.4 is 4.90 Å². The van der Waals surface area contributed by atoms with Gasteiger partial charge in [0.15, 0.2) is 0 Å². The van der Waals surface area contributed by atoms with Gasteiger partial charge in [0, 0.05) is 9.50 Å². The van der Waals surface area contributed by atoms with Crippen LogP contribution in [0.2, 0.25) is 5.02 Å². The minimum absolute atomic E-state index is 0.0884. The van der Waals surface area contributed by atoms with E-state index >= 15 is 0 Å². The number of hydrogen-bond acceptors (Lipinski definition) is 2. The maximum absolute atomic E-state index is 11.9. The highest BCUT2D eigenvalue weighted by Gasteiger charge is 2.59. The lowest BCUT2D eigenvalue weighted by Crippen LogP contribution is -2.33. The highest BCUT2D eigenvalue weighted by atomic mass is 79.9. The lowest BCUT2D eigenvalue weighted by molar-refractivity contribution is -0.123. The summed E-state index contributed by atoms with van der Waals surface area (Å²) < 4.78 is 0.724. The van der Waals surface area contributed by atoms with Crippen molar-refractivity contribution in [1.82, 2.24) is 0 Å². The Morgan fingerprint density at radius 2 is 1.88 bits per heavy atom. The van der Waals surface area contributed by atoms with Crippen LogP contribution in [0.3, 0.4) is 0 Å². The fraction of sp³-hybridized carbons (Fsp3) is 0.333. The molecule has 5 heteroatoms. The molecule has 0 radical (unpaired) electrons. The quantitative estimate of drug-likeness (QED) is 0.747. The van der Waals surface area contributed by atoms with Crippen molar-refractivity contribution in [2.45, 2.75) is 13.3 Å². The van der Waals surface area contributed by atoms with Crippen molar-refractivity contribution in [3.63, 3.8) is 0 Å². The van der Waals surface area contributed by atoms with E-state index in [1.165, 1.54) is 4.90 Å². The van der Waals surface area contributed by atoms with Crippen LogP contribution in [0, 0.1) is 18.8 Å². The zero-order chi connectivity index (χ0) is 12.3. The predicted molar refractivity (Wildman–Crippen MR) is 68.0 cm³/mol. The van der Waals surface area contributed by atoms with Gasteiger partial charge in [0.25, 0.3) is 0 Å². The summed E-state index contributed by atoms with van der Waals surface area (Å²) in [6, 6.07) is 3.49. The average Bonchev–Trinajstić information content (AvgIpc) is 3.00. The first-order valence-electron chi connectivity index (χ1n) is 5.34. The van der Waals surface area contributed by atoms with Gasteiger partial charge in [0.1, 0.15) is 0 Å². The second-order valence-corrected chi connectivity index (χ2v) is 5.77. The number of hydrogen-bond donors (Lipinski definition) is 0. The zero-order valence-corrected chi connectivity index (χ0v) is 11.4. The van der Waals surface area contributed by atoms with Gasteiger partial charge in [-0.3, -0.25) is 9.59 Å². The van der Waals surface area contributed by atoms with Crippen LogP contribution in [0.1, 0.15) is 12.0 Å². The topological polar surface area (TPSA) is 37.4 Å². The van der Waals surface area contributed by atoms with Gasteiger partial charge in [-0.25, -0.2) is 4.90 Å². The molecule has 0 N–H and O–H groups in total. The Kier molecular flexibility index (Phi) is 2.35. The van der Waals surface area contributed by atoms with E-state index in [0.717, 1.165) is 10.0 Å². The Balaban J connectivity index is 2.08. The first-order valence-corrected chi connectivity index (χ1v) is 6.51. The van der Waals surface area contributed by atoms with Crippen LogP contribution in [-0.4, -0.2) is 11.8 Å². The molecule has 1 aliphatic carbocycles. The van der Waals surface area contributed by atoms with Crippen LogP contribution in [0.4, 0.5) is 5.69 Å². The molecule has 3 rings (SSSR count).